The molecule has 4 N–H and O–H groups in total. The van der Waals surface area contributed by atoms with E-state index in [1.54, 1.807) is 43.4 Å². The van der Waals surface area contributed by atoms with Crippen LogP contribution in [0.1, 0.15) is 41.7 Å². The molecule has 0 amide bonds. The Labute approximate surface area is 226 Å². The number of halogens is 1. The van der Waals surface area contributed by atoms with Gasteiger partial charge in [-0.25, -0.2) is 17.1 Å². The zero-order chi connectivity index (χ0) is 27.9. The van der Waals surface area contributed by atoms with E-state index in [2.05, 4.69) is 5.32 Å². The fraction of sp³-hybridized carbons (Fsp3) is 0.286. The van der Waals surface area contributed by atoms with Crippen LogP contribution in [0.3, 0.4) is 0 Å². The molecular formula is C28H30BFN2O6S. The van der Waals surface area contributed by atoms with E-state index in [-0.39, 0.29) is 12.2 Å². The summed E-state index contributed by atoms with van der Waals surface area (Å²) in [5, 5.41) is 32.9. The first-order valence-electron chi connectivity index (χ1n) is 12.7. The fourth-order valence-corrected chi connectivity index (χ4v) is 5.95. The van der Waals surface area contributed by atoms with Crippen LogP contribution in [0.4, 0.5) is 15.8 Å². The van der Waals surface area contributed by atoms with Gasteiger partial charge in [0.25, 0.3) is 0 Å². The Balaban J connectivity index is 1.72. The molecule has 1 aliphatic rings. The zero-order valence-electron chi connectivity index (χ0n) is 21.6. The van der Waals surface area contributed by atoms with E-state index in [0.717, 1.165) is 30.2 Å². The fourth-order valence-electron chi connectivity index (χ4n) is 4.94. The first-order valence-corrected chi connectivity index (χ1v) is 14.6. The number of benzene rings is 3. The van der Waals surface area contributed by atoms with Gasteiger partial charge in [0.1, 0.15) is 23.4 Å². The van der Waals surface area contributed by atoms with E-state index >= 15 is 0 Å². The second-order valence-electron chi connectivity index (χ2n) is 9.94. The van der Waals surface area contributed by atoms with E-state index in [4.69, 9.17) is 4.42 Å². The summed E-state index contributed by atoms with van der Waals surface area (Å²) < 4.78 is 47.7. The third-order valence-corrected chi connectivity index (χ3v) is 8.00. The minimum absolute atomic E-state index is 0.122. The number of hydrogen-bond acceptors (Lipinski definition) is 7. The SMILES string of the molecule is CNC(O)c1c(-c2ccc(F)cc2)oc2cc(N(c3cccc(CCB(O)O)c3)S(C)(=O)=O)c(C3CC3)cc12. The maximum atomic E-state index is 13.6. The van der Waals surface area contributed by atoms with Crippen LogP contribution < -0.4 is 9.62 Å². The Kier molecular flexibility index (Phi) is 7.54. The predicted molar refractivity (Wildman–Crippen MR) is 150 cm³/mol. The number of anilines is 2. The molecule has 8 nitrogen and oxygen atoms in total. The maximum Gasteiger partial charge on any atom is 0.451 e. The molecular weight excluding hydrogens is 522 g/mol. The molecule has 39 heavy (non-hydrogen) atoms. The van der Waals surface area contributed by atoms with Gasteiger partial charge in [-0.1, -0.05) is 12.1 Å². The Morgan fingerprint density at radius 1 is 1.13 bits per heavy atom. The molecule has 4 aromatic rings. The summed E-state index contributed by atoms with van der Waals surface area (Å²) in [7, 11) is -3.65. The largest absolute Gasteiger partial charge is 0.456 e. The second-order valence-corrected chi connectivity index (χ2v) is 11.8. The summed E-state index contributed by atoms with van der Waals surface area (Å²) in [5.41, 5.74) is 3.90. The molecule has 204 valence electrons. The molecule has 0 bridgehead atoms. The third kappa shape index (κ3) is 5.73. The van der Waals surface area contributed by atoms with Crippen molar-refractivity contribution in [2.45, 2.75) is 37.7 Å². The molecule has 1 aliphatic carbocycles. The highest BCUT2D eigenvalue weighted by molar-refractivity contribution is 7.92. The van der Waals surface area contributed by atoms with E-state index in [1.807, 2.05) is 12.1 Å². The van der Waals surface area contributed by atoms with E-state index in [1.165, 1.54) is 16.4 Å². The summed E-state index contributed by atoms with van der Waals surface area (Å²) in [4.78, 5) is 0. The molecule has 1 unspecified atom stereocenters. The quantitative estimate of drug-likeness (QED) is 0.170. The summed E-state index contributed by atoms with van der Waals surface area (Å²) in [6.07, 6.45) is 2.35. The van der Waals surface area contributed by atoms with Crippen LogP contribution in [-0.2, 0) is 16.4 Å². The topological polar surface area (TPSA) is 123 Å². The van der Waals surface area contributed by atoms with Crippen molar-refractivity contribution in [3.63, 3.8) is 0 Å². The highest BCUT2D eigenvalue weighted by Gasteiger charge is 2.33. The average Bonchev–Trinajstić information content (AvgIpc) is 3.67. The van der Waals surface area contributed by atoms with Crippen LogP contribution in [-0.4, -0.2) is 44.0 Å². The number of nitrogens with one attached hydrogen (secondary N) is 1. The van der Waals surface area contributed by atoms with Crippen molar-refractivity contribution in [2.75, 3.05) is 17.6 Å². The van der Waals surface area contributed by atoms with Crippen LogP contribution in [0.15, 0.2) is 65.1 Å². The van der Waals surface area contributed by atoms with Gasteiger partial charge < -0.3 is 19.6 Å². The van der Waals surface area contributed by atoms with Crippen LogP contribution in [0.2, 0.25) is 6.32 Å². The summed E-state index contributed by atoms with van der Waals surface area (Å²) >= 11 is 0. The molecule has 5 rings (SSSR count). The Bertz CT molecular complexity index is 1600. The van der Waals surface area contributed by atoms with Gasteiger partial charge in [-0.15, -0.1) is 0 Å². The second kappa shape index (κ2) is 10.7. The van der Waals surface area contributed by atoms with Crippen molar-refractivity contribution >= 4 is 39.5 Å². The van der Waals surface area contributed by atoms with Crippen molar-refractivity contribution < 1.29 is 32.4 Å². The predicted octanol–water partition coefficient (Wildman–Crippen LogP) is 4.44. The van der Waals surface area contributed by atoms with Gasteiger partial charge in [0.15, 0.2) is 0 Å². The average molecular weight is 552 g/mol. The lowest BCUT2D eigenvalue weighted by molar-refractivity contribution is 0.150. The normalized spacial score (nSPS) is 14.5. The molecule has 1 saturated carbocycles. The number of aryl methyl sites for hydroxylation is 1. The molecule has 1 aromatic heterocycles. The highest BCUT2D eigenvalue weighted by Crippen LogP contribution is 2.49. The van der Waals surface area contributed by atoms with Crippen molar-refractivity contribution in [3.8, 4) is 11.3 Å². The molecule has 1 atom stereocenters. The van der Waals surface area contributed by atoms with Gasteiger partial charge in [-0.05, 0) is 92.1 Å². The van der Waals surface area contributed by atoms with Gasteiger partial charge >= 0.3 is 7.12 Å². The number of furan rings is 1. The molecule has 1 heterocycles. The number of rotatable bonds is 10. The molecule has 0 aliphatic heterocycles. The van der Waals surface area contributed by atoms with Crippen LogP contribution in [0.25, 0.3) is 22.3 Å². The number of hydrogen-bond donors (Lipinski definition) is 4. The lowest BCUT2D eigenvalue weighted by Crippen LogP contribution is -2.26. The van der Waals surface area contributed by atoms with Gasteiger partial charge in [-0.2, -0.15) is 0 Å². The molecule has 0 spiro atoms. The van der Waals surface area contributed by atoms with E-state index < -0.39 is 29.2 Å². The number of aliphatic hydroxyl groups is 1. The maximum absolute atomic E-state index is 13.6. The highest BCUT2D eigenvalue weighted by atomic mass is 32.2. The Hall–Kier alpha value is -3.22. The van der Waals surface area contributed by atoms with Gasteiger partial charge in [-0.3, -0.25) is 5.32 Å². The van der Waals surface area contributed by atoms with Crippen molar-refractivity contribution in [1.82, 2.24) is 5.32 Å². The Morgan fingerprint density at radius 2 is 1.85 bits per heavy atom. The first-order chi connectivity index (χ1) is 18.6. The molecule has 0 radical (unpaired) electrons. The van der Waals surface area contributed by atoms with Crippen LogP contribution >= 0.6 is 0 Å². The van der Waals surface area contributed by atoms with Gasteiger partial charge in [0.2, 0.25) is 10.0 Å². The minimum atomic E-state index is -3.81. The minimum Gasteiger partial charge on any atom is -0.456 e. The third-order valence-electron chi connectivity index (χ3n) is 6.93. The van der Waals surface area contributed by atoms with Crippen molar-refractivity contribution in [3.05, 3.63) is 83.2 Å². The Morgan fingerprint density at radius 3 is 2.46 bits per heavy atom. The molecule has 1 fully saturated rings. The van der Waals surface area contributed by atoms with E-state index in [9.17, 15) is 28.0 Å². The van der Waals surface area contributed by atoms with Crippen LogP contribution in [0, 0.1) is 5.82 Å². The van der Waals surface area contributed by atoms with E-state index in [0.29, 0.717) is 45.7 Å². The molecule has 11 heteroatoms. The van der Waals surface area contributed by atoms with Crippen LogP contribution in [0.5, 0.6) is 0 Å². The number of aliphatic hydroxyl groups excluding tert-OH is 1. The summed E-state index contributed by atoms with van der Waals surface area (Å²) in [5.74, 6) is 0.106. The molecule has 3 aromatic carbocycles. The number of nitrogens with zero attached hydrogens (tertiary/aromatic N) is 1. The van der Waals surface area contributed by atoms with Gasteiger partial charge in [0.05, 0.1) is 17.6 Å². The monoisotopic (exact) mass is 552 g/mol. The van der Waals surface area contributed by atoms with Gasteiger partial charge in [0, 0.05) is 22.6 Å². The summed E-state index contributed by atoms with van der Waals surface area (Å²) in [6.45, 7) is 0. The number of sulfonamides is 1. The van der Waals surface area contributed by atoms with Crippen molar-refractivity contribution in [1.29, 1.82) is 0 Å². The standard InChI is InChI=1S/C28H30BFN2O6S/c1-31-28(33)26-23-15-22(18-6-7-18)24(16-25(23)38-27(26)19-8-10-20(30)11-9-19)32(39(2,36)37)21-5-3-4-17(14-21)12-13-29(34)35/h3-5,8-11,14-16,18,28,31,33-35H,6-7,12-13H2,1-2H3. The lowest BCUT2D eigenvalue weighted by Gasteiger charge is -2.26. The van der Waals surface area contributed by atoms with Crippen molar-refractivity contribution in [2.24, 2.45) is 0 Å². The lowest BCUT2D eigenvalue weighted by atomic mass is 9.83. The smallest absolute Gasteiger partial charge is 0.451 e. The zero-order valence-corrected chi connectivity index (χ0v) is 22.5. The first kappa shape index (κ1) is 27.4. The number of fused-ring (bicyclic) bond motifs is 1. The molecule has 0 saturated heterocycles. The summed E-state index contributed by atoms with van der Waals surface area (Å²) in [6, 6.07) is 16.3.